The predicted octanol–water partition coefficient (Wildman–Crippen LogP) is 2.60. The van der Waals surface area contributed by atoms with Crippen LogP contribution in [0.3, 0.4) is 0 Å². The third-order valence-corrected chi connectivity index (χ3v) is 4.80. The van der Waals surface area contributed by atoms with Crippen molar-refractivity contribution in [3.8, 4) is 23.2 Å². The average molecular weight is 386 g/mol. The van der Waals surface area contributed by atoms with Gasteiger partial charge in [0.1, 0.15) is 11.8 Å². The largest absolute Gasteiger partial charge is 0.497 e. The first-order valence-electron chi connectivity index (χ1n) is 8.90. The molecule has 0 radical (unpaired) electrons. The van der Waals surface area contributed by atoms with Crippen LogP contribution in [0.4, 0.5) is 5.95 Å². The second kappa shape index (κ2) is 7.13. The van der Waals surface area contributed by atoms with Crippen LogP contribution in [0.15, 0.2) is 59.8 Å². The highest BCUT2D eigenvalue weighted by molar-refractivity contribution is 5.95. The maximum absolute atomic E-state index is 12.2. The van der Waals surface area contributed by atoms with Crippen LogP contribution in [0.2, 0.25) is 0 Å². The highest BCUT2D eigenvalue weighted by Crippen LogP contribution is 2.36. The lowest BCUT2D eigenvalue weighted by molar-refractivity contribution is -0.115. The fourth-order valence-electron chi connectivity index (χ4n) is 3.40. The number of nitrogens with zero attached hydrogens (tertiary/aromatic N) is 4. The Hall–Kier alpha value is -4.12. The number of ether oxygens (including phenoxy) is 1. The van der Waals surface area contributed by atoms with Crippen molar-refractivity contribution in [2.75, 3.05) is 12.4 Å². The third-order valence-electron chi connectivity index (χ3n) is 4.80. The molecule has 0 spiro atoms. The number of benzene rings is 2. The summed E-state index contributed by atoms with van der Waals surface area (Å²) in [6.45, 7) is 1.78. The predicted molar refractivity (Wildman–Crippen MR) is 107 cm³/mol. The summed E-state index contributed by atoms with van der Waals surface area (Å²) in [5, 5.41) is 16.8. The van der Waals surface area contributed by atoms with Crippen LogP contribution < -0.4 is 15.8 Å². The topological polar surface area (TPSA) is 119 Å². The van der Waals surface area contributed by atoms with E-state index in [1.54, 1.807) is 43.0 Å². The molecule has 1 aromatic heterocycles. The molecule has 8 heteroatoms. The number of nitriles is 1. The Kier molecular flexibility index (Phi) is 4.49. The van der Waals surface area contributed by atoms with Gasteiger partial charge in [-0.15, -0.1) is 5.10 Å². The number of rotatable bonds is 4. The van der Waals surface area contributed by atoms with Gasteiger partial charge in [0, 0.05) is 11.3 Å². The molecule has 1 unspecified atom stereocenters. The first-order chi connectivity index (χ1) is 14.0. The Labute approximate surface area is 167 Å². The summed E-state index contributed by atoms with van der Waals surface area (Å²) in [5.74, 6) is 1.13. The molecule has 1 atom stereocenters. The number of allylic oxidation sites excluding steroid dienone is 1. The van der Waals surface area contributed by atoms with Crippen molar-refractivity contribution in [1.29, 1.82) is 5.26 Å². The van der Waals surface area contributed by atoms with Crippen molar-refractivity contribution in [2.24, 2.45) is 5.73 Å². The molecule has 1 aliphatic rings. The molecule has 0 fully saturated rings. The Morgan fingerprint density at radius 2 is 2.03 bits per heavy atom. The number of aromatic nitrogens is 3. The Bertz CT molecular complexity index is 1170. The van der Waals surface area contributed by atoms with E-state index in [2.05, 4.69) is 21.5 Å². The SMILES string of the molecule is COc1cccc(-c2nc3n(n2)C(c2ccc(C#N)cc2)C(C(N)=O)=C(C)N3)c1. The molecule has 1 amide bonds. The number of fused-ring (bicyclic) bond motifs is 1. The van der Waals surface area contributed by atoms with Gasteiger partial charge in [0.2, 0.25) is 11.9 Å². The van der Waals surface area contributed by atoms with Gasteiger partial charge in [-0.25, -0.2) is 4.68 Å². The maximum atomic E-state index is 12.2. The van der Waals surface area contributed by atoms with Crippen LogP contribution in [-0.2, 0) is 4.79 Å². The van der Waals surface area contributed by atoms with E-state index in [1.807, 2.05) is 24.3 Å². The summed E-state index contributed by atoms with van der Waals surface area (Å²) in [4.78, 5) is 16.8. The summed E-state index contributed by atoms with van der Waals surface area (Å²) >= 11 is 0. The molecule has 1 aliphatic heterocycles. The van der Waals surface area contributed by atoms with Crippen molar-refractivity contribution in [3.05, 3.63) is 70.9 Å². The van der Waals surface area contributed by atoms with Crippen molar-refractivity contribution in [3.63, 3.8) is 0 Å². The normalized spacial score (nSPS) is 15.3. The highest BCUT2D eigenvalue weighted by atomic mass is 16.5. The lowest BCUT2D eigenvalue weighted by Gasteiger charge is -2.27. The first kappa shape index (κ1) is 18.3. The van der Waals surface area contributed by atoms with Gasteiger partial charge in [0.05, 0.1) is 24.3 Å². The summed E-state index contributed by atoms with van der Waals surface area (Å²) in [7, 11) is 1.60. The van der Waals surface area contributed by atoms with Gasteiger partial charge in [0.25, 0.3) is 0 Å². The Morgan fingerprint density at radius 1 is 1.28 bits per heavy atom. The zero-order valence-corrected chi connectivity index (χ0v) is 15.9. The number of nitrogens with two attached hydrogens (primary N) is 1. The van der Waals surface area contributed by atoms with E-state index in [4.69, 9.17) is 15.7 Å². The van der Waals surface area contributed by atoms with Crippen LogP contribution in [0.5, 0.6) is 5.75 Å². The fraction of sp³-hybridized carbons (Fsp3) is 0.143. The highest BCUT2D eigenvalue weighted by Gasteiger charge is 2.33. The number of anilines is 1. The number of amides is 1. The average Bonchev–Trinajstić information content (AvgIpc) is 3.16. The van der Waals surface area contributed by atoms with E-state index in [0.717, 1.165) is 11.1 Å². The van der Waals surface area contributed by atoms with Gasteiger partial charge >= 0.3 is 0 Å². The molecule has 4 rings (SSSR count). The lowest BCUT2D eigenvalue weighted by Crippen LogP contribution is -2.31. The quantitative estimate of drug-likeness (QED) is 0.711. The van der Waals surface area contributed by atoms with Crippen LogP contribution in [0.25, 0.3) is 11.4 Å². The molecule has 0 saturated carbocycles. The van der Waals surface area contributed by atoms with Crippen molar-refractivity contribution < 1.29 is 9.53 Å². The van der Waals surface area contributed by atoms with Crippen molar-refractivity contribution in [2.45, 2.75) is 13.0 Å². The van der Waals surface area contributed by atoms with E-state index in [0.29, 0.717) is 34.4 Å². The standard InChI is InChI=1S/C21H18N6O2/c1-12-17(19(23)28)18(14-8-6-13(11-22)7-9-14)27-21(24-12)25-20(26-27)15-4-3-5-16(10-15)29-2/h3-10,18H,1-2H3,(H2,23,28)(H,24,25,26). The zero-order valence-electron chi connectivity index (χ0n) is 15.9. The number of hydrogen-bond acceptors (Lipinski definition) is 6. The van der Waals surface area contributed by atoms with Crippen molar-refractivity contribution >= 4 is 11.9 Å². The zero-order chi connectivity index (χ0) is 20.5. The molecular weight excluding hydrogens is 368 g/mol. The lowest BCUT2D eigenvalue weighted by atomic mass is 9.95. The molecule has 29 heavy (non-hydrogen) atoms. The van der Waals surface area contributed by atoms with Gasteiger partial charge < -0.3 is 15.8 Å². The molecule has 144 valence electrons. The minimum atomic E-state index is -0.552. The second-order valence-electron chi connectivity index (χ2n) is 6.60. The number of carbonyl (C=O) groups is 1. The Morgan fingerprint density at radius 3 is 2.69 bits per heavy atom. The fourth-order valence-corrected chi connectivity index (χ4v) is 3.40. The number of carbonyl (C=O) groups excluding carboxylic acids is 1. The smallest absolute Gasteiger partial charge is 0.248 e. The molecule has 8 nitrogen and oxygen atoms in total. The van der Waals surface area contributed by atoms with E-state index in [-0.39, 0.29) is 0 Å². The summed E-state index contributed by atoms with van der Waals surface area (Å²) in [6.07, 6.45) is 0. The monoisotopic (exact) mass is 386 g/mol. The third kappa shape index (κ3) is 3.19. The minimum Gasteiger partial charge on any atom is -0.497 e. The van der Waals surface area contributed by atoms with E-state index in [9.17, 15) is 4.79 Å². The number of methoxy groups -OCH3 is 1. The number of hydrogen-bond donors (Lipinski definition) is 2. The summed E-state index contributed by atoms with van der Waals surface area (Å²) in [6, 6.07) is 16.0. The molecule has 0 saturated heterocycles. The van der Waals surface area contributed by atoms with Crippen molar-refractivity contribution in [1.82, 2.24) is 14.8 Å². The van der Waals surface area contributed by atoms with Crippen LogP contribution >= 0.6 is 0 Å². The first-order valence-corrected chi connectivity index (χ1v) is 8.90. The van der Waals surface area contributed by atoms with Crippen LogP contribution in [0, 0.1) is 11.3 Å². The molecule has 0 bridgehead atoms. The van der Waals surface area contributed by atoms with Crippen LogP contribution in [-0.4, -0.2) is 27.8 Å². The molecule has 3 N–H and O–H groups in total. The van der Waals surface area contributed by atoms with E-state index in [1.165, 1.54) is 0 Å². The van der Waals surface area contributed by atoms with Gasteiger partial charge in [0.15, 0.2) is 5.82 Å². The van der Waals surface area contributed by atoms with E-state index < -0.39 is 11.9 Å². The minimum absolute atomic E-state index is 0.393. The van der Waals surface area contributed by atoms with Crippen LogP contribution in [0.1, 0.15) is 24.1 Å². The summed E-state index contributed by atoms with van der Waals surface area (Å²) in [5.41, 5.74) is 8.78. The van der Waals surface area contributed by atoms with E-state index >= 15 is 0 Å². The number of primary amides is 1. The van der Waals surface area contributed by atoms with Gasteiger partial charge in [-0.05, 0) is 36.8 Å². The molecular formula is C21H18N6O2. The maximum Gasteiger partial charge on any atom is 0.248 e. The Balaban J connectivity index is 1.86. The summed E-state index contributed by atoms with van der Waals surface area (Å²) < 4.78 is 6.92. The molecule has 0 aliphatic carbocycles. The van der Waals surface area contributed by atoms with Gasteiger partial charge in [-0.1, -0.05) is 24.3 Å². The second-order valence-corrected chi connectivity index (χ2v) is 6.60. The molecule has 2 heterocycles. The molecule has 2 aromatic carbocycles. The number of nitrogens with one attached hydrogen (secondary N) is 1. The van der Waals surface area contributed by atoms with Gasteiger partial charge in [-0.2, -0.15) is 10.2 Å². The molecule has 3 aromatic rings. The van der Waals surface area contributed by atoms with Gasteiger partial charge in [-0.3, -0.25) is 4.79 Å².